The Labute approximate surface area is 155 Å². The molecule has 0 saturated carbocycles. The fourth-order valence-electron chi connectivity index (χ4n) is 2.82. The summed E-state index contributed by atoms with van der Waals surface area (Å²) in [6, 6.07) is 5.47. The number of thiazole rings is 1. The van der Waals surface area contributed by atoms with Gasteiger partial charge in [0, 0.05) is 24.7 Å². The van der Waals surface area contributed by atoms with Crippen LogP contribution in [-0.2, 0) is 10.0 Å². The first-order valence-electron chi connectivity index (χ1n) is 8.02. The molecule has 1 fully saturated rings. The van der Waals surface area contributed by atoms with E-state index in [1.54, 1.807) is 0 Å². The second-order valence-electron chi connectivity index (χ2n) is 6.15. The second-order valence-corrected chi connectivity index (χ2v) is 9.14. The van der Waals surface area contributed by atoms with E-state index in [0.29, 0.717) is 31.1 Å². The molecule has 3 N–H and O–H groups in total. The molecule has 1 aliphatic heterocycles. The lowest BCUT2D eigenvalue weighted by Gasteiger charge is -2.30. The summed E-state index contributed by atoms with van der Waals surface area (Å²) in [7, 11) is -3.17. The maximum absolute atomic E-state index is 13.3. The van der Waals surface area contributed by atoms with Crippen molar-refractivity contribution in [3.8, 4) is 0 Å². The van der Waals surface area contributed by atoms with Crippen LogP contribution in [0.15, 0.2) is 24.3 Å². The lowest BCUT2D eigenvalue weighted by Crippen LogP contribution is -2.41. The molecule has 140 valence electrons. The van der Waals surface area contributed by atoms with Crippen LogP contribution in [0.2, 0.25) is 0 Å². The van der Waals surface area contributed by atoms with Gasteiger partial charge in [0.2, 0.25) is 15.8 Å². The molecule has 10 heteroatoms. The van der Waals surface area contributed by atoms with Gasteiger partial charge in [-0.2, -0.15) is 0 Å². The fraction of sp³-hybridized carbons (Fsp3) is 0.375. The molecule has 1 aromatic heterocycles. The number of ketones is 1. The van der Waals surface area contributed by atoms with E-state index in [-0.39, 0.29) is 28.1 Å². The third-order valence-corrected chi connectivity index (χ3v) is 6.50. The van der Waals surface area contributed by atoms with E-state index >= 15 is 0 Å². The topological polar surface area (TPSA) is 105 Å². The largest absolute Gasteiger partial charge is 0.382 e. The Bertz CT molecular complexity index is 921. The number of carbonyl (C=O) groups excluding carboxylic acids is 1. The number of anilines is 2. The Morgan fingerprint density at radius 1 is 1.38 bits per heavy atom. The van der Waals surface area contributed by atoms with Gasteiger partial charge in [0.1, 0.15) is 16.5 Å². The molecular weight excluding hydrogens is 379 g/mol. The highest BCUT2D eigenvalue weighted by atomic mass is 32.2. The van der Waals surface area contributed by atoms with Crippen molar-refractivity contribution in [1.82, 2.24) is 9.29 Å². The van der Waals surface area contributed by atoms with Crippen LogP contribution in [0.3, 0.4) is 0 Å². The average Bonchev–Trinajstić information content (AvgIpc) is 2.94. The summed E-state index contributed by atoms with van der Waals surface area (Å²) < 4.78 is 37.9. The van der Waals surface area contributed by atoms with Crippen molar-refractivity contribution in [2.24, 2.45) is 0 Å². The minimum atomic E-state index is -3.17. The highest BCUT2D eigenvalue weighted by Crippen LogP contribution is 2.29. The number of aromatic nitrogens is 1. The zero-order chi connectivity index (χ0) is 18.9. The summed E-state index contributed by atoms with van der Waals surface area (Å²) in [5.74, 6) is -0.769. The second kappa shape index (κ2) is 7.29. The van der Waals surface area contributed by atoms with Gasteiger partial charge in [-0.3, -0.25) is 4.79 Å². The van der Waals surface area contributed by atoms with Crippen LogP contribution in [0, 0.1) is 5.82 Å². The van der Waals surface area contributed by atoms with Crippen LogP contribution in [0.5, 0.6) is 0 Å². The van der Waals surface area contributed by atoms with Gasteiger partial charge in [-0.25, -0.2) is 22.1 Å². The molecule has 0 spiro atoms. The van der Waals surface area contributed by atoms with Crippen LogP contribution in [0.4, 0.5) is 15.3 Å². The minimum absolute atomic E-state index is 0.0515. The predicted octanol–water partition coefficient (Wildman–Crippen LogP) is 1.93. The molecule has 26 heavy (non-hydrogen) atoms. The predicted molar refractivity (Wildman–Crippen MR) is 99.4 cm³/mol. The zero-order valence-corrected chi connectivity index (χ0v) is 15.7. The van der Waals surface area contributed by atoms with Crippen LogP contribution in [0.1, 0.15) is 28.1 Å². The number of nitrogens with two attached hydrogens (primary N) is 1. The molecule has 0 aliphatic carbocycles. The van der Waals surface area contributed by atoms with Gasteiger partial charge in [-0.15, -0.1) is 0 Å². The molecule has 1 aromatic carbocycles. The highest BCUT2D eigenvalue weighted by Gasteiger charge is 2.26. The van der Waals surface area contributed by atoms with E-state index in [9.17, 15) is 17.6 Å². The van der Waals surface area contributed by atoms with Crippen molar-refractivity contribution in [2.75, 3.05) is 30.4 Å². The number of sulfonamides is 1. The van der Waals surface area contributed by atoms with Gasteiger partial charge >= 0.3 is 0 Å². The van der Waals surface area contributed by atoms with Crippen molar-refractivity contribution < 1.29 is 17.6 Å². The molecule has 2 heterocycles. The van der Waals surface area contributed by atoms with Crippen LogP contribution < -0.4 is 11.1 Å². The van der Waals surface area contributed by atoms with Gasteiger partial charge in [0.15, 0.2) is 5.13 Å². The number of hydrogen-bond acceptors (Lipinski definition) is 7. The molecule has 7 nitrogen and oxygen atoms in total. The Hall–Kier alpha value is -2.04. The van der Waals surface area contributed by atoms with Gasteiger partial charge in [0.05, 0.1) is 6.26 Å². The molecule has 1 aliphatic rings. The molecule has 0 bridgehead atoms. The molecule has 2 aromatic rings. The molecule has 0 atom stereocenters. The number of nitrogen functional groups attached to an aromatic ring is 1. The van der Waals surface area contributed by atoms with Gasteiger partial charge in [-0.05, 0) is 25.0 Å². The lowest BCUT2D eigenvalue weighted by atomic mass is 10.1. The van der Waals surface area contributed by atoms with Gasteiger partial charge in [-0.1, -0.05) is 23.5 Å². The number of halogens is 1. The van der Waals surface area contributed by atoms with E-state index in [1.807, 2.05) is 0 Å². The molecule has 0 amide bonds. The van der Waals surface area contributed by atoms with E-state index in [4.69, 9.17) is 5.73 Å². The van der Waals surface area contributed by atoms with E-state index in [2.05, 4.69) is 10.3 Å². The molecular formula is C16H19FN4O3S2. The fourth-order valence-corrected chi connectivity index (χ4v) is 4.62. The maximum atomic E-state index is 13.3. The highest BCUT2D eigenvalue weighted by molar-refractivity contribution is 7.88. The third kappa shape index (κ3) is 4.19. The number of carbonyl (C=O) groups is 1. The third-order valence-electron chi connectivity index (χ3n) is 4.20. The summed E-state index contributed by atoms with van der Waals surface area (Å²) in [6.45, 7) is 0.874. The number of hydrogen-bond donors (Lipinski definition) is 2. The quantitative estimate of drug-likeness (QED) is 0.746. The Kier molecular flexibility index (Phi) is 5.26. The SMILES string of the molecule is CS(=O)(=O)N1CCC(Nc2nc(N)c(C(=O)c3cccc(F)c3)s2)CC1. The number of benzene rings is 1. The summed E-state index contributed by atoms with van der Waals surface area (Å²) in [6.07, 6.45) is 2.48. The van der Waals surface area contributed by atoms with E-state index in [1.165, 1.54) is 28.8 Å². The zero-order valence-electron chi connectivity index (χ0n) is 14.1. The van der Waals surface area contributed by atoms with Crippen LogP contribution in [0.25, 0.3) is 0 Å². The van der Waals surface area contributed by atoms with Crippen molar-refractivity contribution in [1.29, 1.82) is 0 Å². The first-order chi connectivity index (χ1) is 12.2. The summed E-state index contributed by atoms with van der Waals surface area (Å²) in [5, 5.41) is 3.71. The first kappa shape index (κ1) is 18.7. The molecule has 0 radical (unpaired) electrons. The van der Waals surface area contributed by atoms with E-state index < -0.39 is 15.8 Å². The number of nitrogens with zero attached hydrogens (tertiary/aromatic N) is 2. The monoisotopic (exact) mass is 398 g/mol. The maximum Gasteiger partial charge on any atom is 0.211 e. The van der Waals surface area contributed by atoms with Crippen LogP contribution >= 0.6 is 11.3 Å². The van der Waals surface area contributed by atoms with E-state index in [0.717, 1.165) is 17.4 Å². The lowest BCUT2D eigenvalue weighted by molar-refractivity contribution is 0.104. The Morgan fingerprint density at radius 3 is 2.69 bits per heavy atom. The Balaban J connectivity index is 1.68. The average molecular weight is 398 g/mol. The van der Waals surface area contributed by atoms with Crippen LogP contribution in [-0.4, -0.2) is 48.9 Å². The summed E-state index contributed by atoms with van der Waals surface area (Å²) in [4.78, 5) is 16.9. The standard InChI is InChI=1S/C16H19FN4O3S2/c1-26(23,24)21-7-5-12(6-8-21)19-16-20-15(18)14(25-16)13(22)10-3-2-4-11(17)9-10/h2-4,9,12H,5-8,18H2,1H3,(H,19,20). The smallest absolute Gasteiger partial charge is 0.211 e. The van der Waals surface area contributed by atoms with Gasteiger partial charge < -0.3 is 11.1 Å². The van der Waals surface area contributed by atoms with Crippen molar-refractivity contribution in [2.45, 2.75) is 18.9 Å². The summed E-state index contributed by atoms with van der Waals surface area (Å²) >= 11 is 1.12. The Morgan fingerprint density at radius 2 is 2.08 bits per heavy atom. The summed E-state index contributed by atoms with van der Waals surface area (Å²) in [5.41, 5.74) is 6.08. The number of rotatable bonds is 5. The van der Waals surface area contributed by atoms with Crippen molar-refractivity contribution in [3.63, 3.8) is 0 Å². The molecule has 1 saturated heterocycles. The molecule has 0 unspecified atom stereocenters. The number of nitrogens with one attached hydrogen (secondary N) is 1. The first-order valence-corrected chi connectivity index (χ1v) is 10.7. The number of piperidine rings is 1. The van der Waals surface area contributed by atoms with Crippen molar-refractivity contribution in [3.05, 3.63) is 40.5 Å². The minimum Gasteiger partial charge on any atom is -0.382 e. The molecule has 3 rings (SSSR count). The van der Waals surface area contributed by atoms with Crippen molar-refractivity contribution >= 4 is 38.1 Å². The normalized spacial score (nSPS) is 16.5. The van der Waals surface area contributed by atoms with Gasteiger partial charge in [0.25, 0.3) is 0 Å².